The number of hydrogen-bond donors (Lipinski definition) is 0. The van der Waals surface area contributed by atoms with Crippen LogP contribution in [0.15, 0.2) is 174 Å². The van der Waals surface area contributed by atoms with Crippen molar-refractivity contribution < 1.29 is 0 Å². The van der Waals surface area contributed by atoms with Gasteiger partial charge in [0, 0.05) is 11.5 Å². The molecule has 0 amide bonds. The topological polar surface area (TPSA) is 24.7 Å². The van der Waals surface area contributed by atoms with Crippen LogP contribution < -0.4 is 0 Å². The summed E-state index contributed by atoms with van der Waals surface area (Å²) in [6.45, 7) is 2.29. The minimum Gasteiger partial charge on any atom is -0.258 e. The summed E-state index contributed by atoms with van der Waals surface area (Å²) in [4.78, 5) is 10.5. The van der Waals surface area contributed by atoms with E-state index in [4.69, 9.17) is 9.98 Å². The zero-order chi connectivity index (χ0) is 30.9. The lowest BCUT2D eigenvalue weighted by atomic mass is 9.89. The molecule has 2 atom stereocenters. The summed E-state index contributed by atoms with van der Waals surface area (Å²) in [5, 5.41) is 5.00. The summed E-state index contributed by atoms with van der Waals surface area (Å²) in [6.07, 6.45) is 0.902. The molecule has 8 rings (SSSR count). The van der Waals surface area contributed by atoms with Gasteiger partial charge in [0.1, 0.15) is 0 Å². The molecule has 0 saturated heterocycles. The SMILES string of the molecule is CC1CC(c2ccccc2)N=C(c2ccccc2)N=C1c1cccc(-c2ccc3cc(-c4ccc5ccccc5c4)ccc3c2)c1. The predicted molar refractivity (Wildman–Crippen MR) is 195 cm³/mol. The monoisotopic (exact) mass is 590 g/mol. The lowest BCUT2D eigenvalue weighted by Crippen LogP contribution is -2.15. The highest BCUT2D eigenvalue weighted by Gasteiger charge is 2.25. The van der Waals surface area contributed by atoms with E-state index in [1.54, 1.807) is 0 Å². The van der Waals surface area contributed by atoms with Crippen molar-refractivity contribution in [2.75, 3.05) is 0 Å². The molecule has 2 nitrogen and oxygen atoms in total. The fourth-order valence-electron chi connectivity index (χ4n) is 6.69. The normalized spacial score (nSPS) is 16.5. The molecule has 2 heteroatoms. The first kappa shape index (κ1) is 27.9. The molecule has 0 N–H and O–H groups in total. The molecule has 0 radical (unpaired) electrons. The van der Waals surface area contributed by atoms with Gasteiger partial charge in [0.15, 0.2) is 5.84 Å². The first-order valence-corrected chi connectivity index (χ1v) is 16.1. The quantitative estimate of drug-likeness (QED) is 0.190. The van der Waals surface area contributed by atoms with Gasteiger partial charge in [0.25, 0.3) is 0 Å². The van der Waals surface area contributed by atoms with Crippen LogP contribution in [0.25, 0.3) is 43.8 Å². The van der Waals surface area contributed by atoms with Crippen LogP contribution in [0.1, 0.15) is 36.1 Å². The van der Waals surface area contributed by atoms with Crippen molar-refractivity contribution in [3.8, 4) is 22.3 Å². The van der Waals surface area contributed by atoms with E-state index >= 15 is 0 Å². The van der Waals surface area contributed by atoms with E-state index < -0.39 is 0 Å². The van der Waals surface area contributed by atoms with Crippen LogP contribution in [-0.4, -0.2) is 11.5 Å². The van der Waals surface area contributed by atoms with Gasteiger partial charge < -0.3 is 0 Å². The van der Waals surface area contributed by atoms with Crippen molar-refractivity contribution >= 4 is 33.1 Å². The molecular formula is C44H34N2. The van der Waals surface area contributed by atoms with Gasteiger partial charge in [-0.2, -0.15) is 0 Å². The van der Waals surface area contributed by atoms with Crippen molar-refractivity contribution in [1.82, 2.24) is 0 Å². The van der Waals surface area contributed by atoms with Gasteiger partial charge in [-0.25, -0.2) is 4.99 Å². The highest BCUT2D eigenvalue weighted by Crippen LogP contribution is 2.34. The number of fused-ring (bicyclic) bond motifs is 2. The maximum absolute atomic E-state index is 5.28. The van der Waals surface area contributed by atoms with Gasteiger partial charge in [-0.3, -0.25) is 4.99 Å². The van der Waals surface area contributed by atoms with Crippen molar-refractivity contribution in [3.63, 3.8) is 0 Å². The highest BCUT2D eigenvalue weighted by atomic mass is 15.0. The van der Waals surface area contributed by atoms with Crippen LogP contribution in [0.4, 0.5) is 0 Å². The summed E-state index contributed by atoms with van der Waals surface area (Å²) in [6, 6.07) is 58.7. The highest BCUT2D eigenvalue weighted by molar-refractivity contribution is 6.14. The maximum Gasteiger partial charge on any atom is 0.155 e. The number of hydrogen-bond acceptors (Lipinski definition) is 2. The predicted octanol–water partition coefficient (Wildman–Crippen LogP) is 11.3. The lowest BCUT2D eigenvalue weighted by Gasteiger charge is -2.18. The van der Waals surface area contributed by atoms with Crippen LogP contribution >= 0.6 is 0 Å². The number of benzene rings is 7. The van der Waals surface area contributed by atoms with E-state index in [9.17, 15) is 0 Å². The molecule has 2 unspecified atom stereocenters. The summed E-state index contributed by atoms with van der Waals surface area (Å²) in [7, 11) is 0. The average molecular weight is 591 g/mol. The third-order valence-electron chi connectivity index (χ3n) is 9.18. The largest absolute Gasteiger partial charge is 0.258 e. The Balaban J connectivity index is 1.13. The van der Waals surface area contributed by atoms with Crippen LogP contribution in [0.3, 0.4) is 0 Å². The number of nitrogens with zero attached hydrogens (tertiary/aromatic N) is 2. The van der Waals surface area contributed by atoms with Gasteiger partial charge in [-0.1, -0.05) is 146 Å². The fraction of sp³-hybridized carbons (Fsp3) is 0.0909. The van der Waals surface area contributed by atoms with Crippen molar-refractivity contribution in [3.05, 3.63) is 180 Å². The van der Waals surface area contributed by atoms with Crippen molar-refractivity contribution in [1.29, 1.82) is 0 Å². The molecular weight excluding hydrogens is 556 g/mol. The molecule has 0 aromatic heterocycles. The van der Waals surface area contributed by atoms with E-state index in [0.29, 0.717) is 0 Å². The van der Waals surface area contributed by atoms with E-state index in [1.165, 1.54) is 49.4 Å². The number of amidine groups is 1. The molecule has 0 fully saturated rings. The average Bonchev–Trinajstić information content (AvgIpc) is 3.30. The van der Waals surface area contributed by atoms with Crippen LogP contribution in [0.5, 0.6) is 0 Å². The van der Waals surface area contributed by atoms with E-state index in [1.807, 2.05) is 6.07 Å². The van der Waals surface area contributed by atoms with Gasteiger partial charge >= 0.3 is 0 Å². The summed E-state index contributed by atoms with van der Waals surface area (Å²) in [5.74, 6) is 1.03. The summed E-state index contributed by atoms with van der Waals surface area (Å²) < 4.78 is 0. The molecule has 0 spiro atoms. The minimum absolute atomic E-state index is 0.0517. The van der Waals surface area contributed by atoms with Crippen LogP contribution in [0.2, 0.25) is 0 Å². The third kappa shape index (κ3) is 5.55. The van der Waals surface area contributed by atoms with Crippen molar-refractivity contribution in [2.45, 2.75) is 19.4 Å². The number of rotatable bonds is 5. The Morgan fingerprint density at radius 2 is 0.935 bits per heavy atom. The molecule has 46 heavy (non-hydrogen) atoms. The second-order valence-corrected chi connectivity index (χ2v) is 12.3. The molecule has 220 valence electrons. The Hall–Kier alpha value is -5.60. The molecule has 7 aromatic carbocycles. The minimum atomic E-state index is 0.0517. The van der Waals surface area contributed by atoms with E-state index in [2.05, 4.69) is 165 Å². The Bertz CT molecular complexity index is 2250. The molecule has 1 aliphatic rings. The third-order valence-corrected chi connectivity index (χ3v) is 9.18. The Labute approximate surface area is 270 Å². The van der Waals surface area contributed by atoms with Gasteiger partial charge in [0.05, 0.1) is 11.8 Å². The fourth-order valence-corrected chi connectivity index (χ4v) is 6.69. The zero-order valence-electron chi connectivity index (χ0n) is 25.8. The summed E-state index contributed by atoms with van der Waals surface area (Å²) in [5.41, 5.74) is 9.37. The molecule has 1 heterocycles. The Kier molecular flexibility index (Phi) is 7.32. The number of aliphatic imine (C=N–C) groups is 2. The van der Waals surface area contributed by atoms with Gasteiger partial charge in [0.2, 0.25) is 0 Å². The first-order valence-electron chi connectivity index (χ1n) is 16.1. The Morgan fingerprint density at radius 1 is 0.435 bits per heavy atom. The standard InChI is InChI=1S/C44H34N2/c1-30-25-42(32-12-4-2-5-13-32)45-44(33-14-6-3-7-15-33)46-43(30)41-18-10-17-35(29-41)36-21-22-40-28-39(24-23-38(40)27-36)37-20-19-31-11-8-9-16-34(31)26-37/h2-24,26-30,42H,25H2,1H3. The van der Waals surface area contributed by atoms with Gasteiger partial charge in [-0.15, -0.1) is 0 Å². The second kappa shape index (κ2) is 12.1. The molecule has 7 aromatic rings. The van der Waals surface area contributed by atoms with Crippen LogP contribution in [0, 0.1) is 5.92 Å². The maximum atomic E-state index is 5.28. The van der Waals surface area contributed by atoms with E-state index in [-0.39, 0.29) is 12.0 Å². The second-order valence-electron chi connectivity index (χ2n) is 12.3. The first-order chi connectivity index (χ1) is 22.7. The lowest BCUT2D eigenvalue weighted by molar-refractivity contribution is 0.581. The molecule has 0 aliphatic carbocycles. The van der Waals surface area contributed by atoms with Crippen molar-refractivity contribution in [2.24, 2.45) is 15.9 Å². The smallest absolute Gasteiger partial charge is 0.155 e. The molecule has 0 saturated carbocycles. The molecule has 1 aliphatic heterocycles. The Morgan fingerprint density at radius 3 is 1.61 bits per heavy atom. The van der Waals surface area contributed by atoms with Gasteiger partial charge in [-0.05, 0) is 85.6 Å². The molecule has 0 bridgehead atoms. The van der Waals surface area contributed by atoms with E-state index in [0.717, 1.165) is 29.1 Å². The zero-order valence-corrected chi connectivity index (χ0v) is 25.8. The van der Waals surface area contributed by atoms with Crippen LogP contribution in [-0.2, 0) is 0 Å². The summed E-state index contributed by atoms with van der Waals surface area (Å²) >= 11 is 0.